The summed E-state index contributed by atoms with van der Waals surface area (Å²) < 4.78 is 97.2. The van der Waals surface area contributed by atoms with Crippen molar-refractivity contribution in [3.8, 4) is 16.9 Å². The first kappa shape index (κ1) is 31.6. The Kier molecular flexibility index (Phi) is 8.16. The molecule has 0 heterocycles. The van der Waals surface area contributed by atoms with Crippen LogP contribution in [0.5, 0.6) is 5.75 Å². The first-order chi connectivity index (χ1) is 21.1. The van der Waals surface area contributed by atoms with Crippen LogP contribution in [-0.2, 0) is 14.6 Å². The Labute approximate surface area is 252 Å². The smallest absolute Gasteiger partial charge is 0.496 e. The molecule has 1 saturated carbocycles. The third-order valence-corrected chi connectivity index (χ3v) is 9.31. The van der Waals surface area contributed by atoms with Crippen LogP contribution in [0.15, 0.2) is 71.6 Å². The molecule has 1 fully saturated rings. The van der Waals surface area contributed by atoms with Gasteiger partial charge in [-0.3, -0.25) is 9.59 Å². The van der Waals surface area contributed by atoms with Gasteiger partial charge < -0.3 is 20.5 Å². The molecule has 4 atom stereocenters. The number of hydrogen-bond donors (Lipinski definition) is 3. The molecule has 0 unspecified atom stereocenters. The molecule has 45 heavy (non-hydrogen) atoms. The first-order valence-corrected chi connectivity index (χ1v) is 14.7. The van der Waals surface area contributed by atoms with E-state index in [0.717, 1.165) is 12.1 Å². The number of alkyl halides is 3. The predicted molar refractivity (Wildman–Crippen MR) is 149 cm³/mol. The normalized spacial score (nSPS) is 20.6. The molecule has 3 aromatic rings. The van der Waals surface area contributed by atoms with Crippen LogP contribution in [0.3, 0.4) is 0 Å². The van der Waals surface area contributed by atoms with E-state index < -0.39 is 73.2 Å². The van der Waals surface area contributed by atoms with Crippen LogP contribution in [0.2, 0.25) is 0 Å². The van der Waals surface area contributed by atoms with E-state index in [0.29, 0.717) is 18.6 Å². The Morgan fingerprint density at radius 2 is 1.67 bits per heavy atom. The number of amides is 2. The van der Waals surface area contributed by atoms with Crippen molar-refractivity contribution in [3.05, 3.63) is 89.5 Å². The quantitative estimate of drug-likeness (QED) is 0.225. The first-order valence-electron chi connectivity index (χ1n) is 13.2. The highest BCUT2D eigenvalue weighted by molar-refractivity contribution is 7.92. The van der Waals surface area contributed by atoms with Gasteiger partial charge in [-0.05, 0) is 60.2 Å². The second kappa shape index (κ2) is 11.6. The molecule has 2 aliphatic rings. The number of allylic oxidation sites excluding steroid dienone is 1. The number of carbonyl (C=O) groups excluding carboxylic acids is 2. The Balaban J connectivity index is 1.42. The largest absolute Gasteiger partial charge is 0.502 e. The topological polar surface area (TPSA) is 139 Å². The van der Waals surface area contributed by atoms with E-state index in [1.54, 1.807) is 12.2 Å². The van der Waals surface area contributed by atoms with Gasteiger partial charge in [-0.1, -0.05) is 24.3 Å². The summed E-state index contributed by atoms with van der Waals surface area (Å²) in [6, 6.07) is 8.48. The number of nitrogens with one attached hydrogen (secondary N) is 2. The molecule has 0 spiro atoms. The summed E-state index contributed by atoms with van der Waals surface area (Å²) in [6.45, 7) is 0. The number of carboxylic acid groups (broad SMARTS) is 1. The van der Waals surface area contributed by atoms with Crippen LogP contribution in [0, 0.1) is 29.4 Å². The number of methoxy groups -OCH3 is 1. The number of carboxylic acids is 1. The summed E-state index contributed by atoms with van der Waals surface area (Å²) in [5, 5.41) is 14.4. The highest BCUT2D eigenvalue weighted by Crippen LogP contribution is 2.45. The van der Waals surface area contributed by atoms with Gasteiger partial charge in [0, 0.05) is 23.4 Å². The van der Waals surface area contributed by atoms with E-state index in [9.17, 15) is 45.5 Å². The van der Waals surface area contributed by atoms with Crippen molar-refractivity contribution in [3.63, 3.8) is 0 Å². The molecule has 0 saturated heterocycles. The van der Waals surface area contributed by atoms with E-state index >= 15 is 4.39 Å². The highest BCUT2D eigenvalue weighted by Gasteiger charge is 2.50. The van der Waals surface area contributed by atoms with Crippen molar-refractivity contribution in [1.82, 2.24) is 5.32 Å². The maximum atomic E-state index is 15.0. The fourth-order valence-corrected chi connectivity index (χ4v) is 6.54. The summed E-state index contributed by atoms with van der Waals surface area (Å²) in [4.78, 5) is 36.7. The Morgan fingerprint density at radius 1 is 0.956 bits per heavy atom. The average molecular weight is 651 g/mol. The van der Waals surface area contributed by atoms with Crippen LogP contribution in [-0.4, -0.2) is 50.0 Å². The van der Waals surface area contributed by atoms with Crippen LogP contribution in [0.25, 0.3) is 11.1 Å². The molecule has 236 valence electrons. The number of halogens is 5. The molecular formula is C30H23F5N2O7S. The molecule has 0 radical (unpaired) electrons. The third-order valence-electron chi connectivity index (χ3n) is 7.81. The van der Waals surface area contributed by atoms with Crippen molar-refractivity contribution in [2.45, 2.75) is 22.9 Å². The monoisotopic (exact) mass is 650 g/mol. The van der Waals surface area contributed by atoms with Gasteiger partial charge in [0.05, 0.1) is 24.2 Å². The number of anilines is 1. The number of fused-ring (bicyclic) bond motifs is 2. The van der Waals surface area contributed by atoms with Crippen LogP contribution < -0.4 is 15.4 Å². The summed E-state index contributed by atoms with van der Waals surface area (Å²) in [5.41, 5.74) is -6.33. The fraction of sp³-hybridized carbons (Fsp3) is 0.233. The summed E-state index contributed by atoms with van der Waals surface area (Å²) in [6.07, 6.45) is 3.97. The third kappa shape index (κ3) is 5.87. The van der Waals surface area contributed by atoms with Gasteiger partial charge in [-0.25, -0.2) is 22.0 Å². The van der Waals surface area contributed by atoms with Crippen molar-refractivity contribution >= 4 is 33.3 Å². The lowest BCUT2D eigenvalue weighted by molar-refractivity contribution is -0.121. The van der Waals surface area contributed by atoms with Gasteiger partial charge in [0.2, 0.25) is 5.91 Å². The van der Waals surface area contributed by atoms with Gasteiger partial charge in [0.1, 0.15) is 22.3 Å². The summed E-state index contributed by atoms with van der Waals surface area (Å²) in [7, 11) is -4.84. The average Bonchev–Trinajstić information content (AvgIpc) is 3.59. The van der Waals surface area contributed by atoms with Crippen molar-refractivity contribution in [2.75, 3.05) is 12.4 Å². The molecule has 2 bridgehead atoms. The molecule has 3 N–H and O–H groups in total. The predicted octanol–water partition coefficient (Wildman–Crippen LogP) is 5.19. The minimum Gasteiger partial charge on any atom is -0.496 e. The van der Waals surface area contributed by atoms with Crippen LogP contribution >= 0.6 is 0 Å². The van der Waals surface area contributed by atoms with Crippen molar-refractivity contribution in [2.24, 2.45) is 17.8 Å². The molecule has 15 heteroatoms. The van der Waals surface area contributed by atoms with Crippen molar-refractivity contribution < 1.29 is 54.6 Å². The van der Waals surface area contributed by atoms with Gasteiger partial charge >= 0.3 is 11.5 Å². The molecule has 9 nitrogen and oxygen atoms in total. The zero-order valence-electron chi connectivity index (χ0n) is 23.1. The van der Waals surface area contributed by atoms with Gasteiger partial charge in [0.15, 0.2) is 0 Å². The number of benzene rings is 3. The molecular weight excluding hydrogens is 627 g/mol. The Bertz CT molecular complexity index is 1860. The lowest BCUT2D eigenvalue weighted by Crippen LogP contribution is -2.47. The van der Waals surface area contributed by atoms with Crippen molar-refractivity contribution in [1.29, 1.82) is 0 Å². The van der Waals surface area contributed by atoms with Gasteiger partial charge in [0.25, 0.3) is 15.7 Å². The Hall–Kier alpha value is -4.79. The second-order valence-corrected chi connectivity index (χ2v) is 12.4. The minimum absolute atomic E-state index is 0.0906. The number of aromatic carboxylic acids is 1. The maximum absolute atomic E-state index is 15.0. The molecule has 3 aromatic carbocycles. The van der Waals surface area contributed by atoms with Crippen LogP contribution in [0.1, 0.15) is 27.1 Å². The SMILES string of the molecule is COc1cc(F)c(-c2cccc(C(=O)O)c2)cc1C(=O)N[C@@H]1[C@H](C(=O)Nc2ccc(F)c(S(=O)(=O)C(F)(F)F)c2)[C@H]2C=C[C@@H]1C2. The number of rotatable bonds is 8. The van der Waals surface area contributed by atoms with E-state index in [1.807, 2.05) is 0 Å². The number of ether oxygens (including phenoxy) is 1. The molecule has 5 rings (SSSR count). The lowest BCUT2D eigenvalue weighted by Gasteiger charge is -2.28. The molecule has 0 aromatic heterocycles. The molecule has 2 aliphatic carbocycles. The fourth-order valence-electron chi connectivity index (χ4n) is 5.69. The van der Waals surface area contributed by atoms with E-state index in [-0.39, 0.29) is 33.9 Å². The zero-order valence-corrected chi connectivity index (χ0v) is 23.9. The number of sulfone groups is 1. The van der Waals surface area contributed by atoms with E-state index in [4.69, 9.17) is 4.74 Å². The minimum atomic E-state index is -6.05. The summed E-state index contributed by atoms with van der Waals surface area (Å²) in [5.74, 6) is -7.05. The van der Waals surface area contributed by atoms with E-state index in [2.05, 4.69) is 10.6 Å². The van der Waals surface area contributed by atoms with Gasteiger partial charge in [-0.2, -0.15) is 13.2 Å². The molecule has 0 aliphatic heterocycles. The summed E-state index contributed by atoms with van der Waals surface area (Å²) >= 11 is 0. The Morgan fingerprint density at radius 3 is 2.33 bits per heavy atom. The van der Waals surface area contributed by atoms with Crippen LogP contribution in [0.4, 0.5) is 27.6 Å². The zero-order chi connectivity index (χ0) is 32.8. The number of hydrogen-bond acceptors (Lipinski definition) is 6. The highest BCUT2D eigenvalue weighted by atomic mass is 32.2. The van der Waals surface area contributed by atoms with E-state index in [1.165, 1.54) is 37.4 Å². The standard InChI is InChI=1S/C30H23F5N2O7S/c1-44-23-13-22(32)19(14-3-2-4-17(9-14)29(40)41)12-20(23)27(38)37-26-16-6-5-15(10-16)25(26)28(39)36-18-7-8-21(31)24(11-18)45(42,43)30(33,34)35/h2-9,11-13,15-16,25-26H,10H2,1H3,(H,36,39)(H,37,38)(H,40,41)/t15-,16+,25+,26-/m0/s1. The second-order valence-electron chi connectivity index (χ2n) is 10.5. The molecule has 2 amide bonds. The lowest BCUT2D eigenvalue weighted by atomic mass is 9.87. The maximum Gasteiger partial charge on any atom is 0.502 e. The number of carbonyl (C=O) groups is 3. The van der Waals surface area contributed by atoms with Gasteiger partial charge in [-0.15, -0.1) is 0 Å².